The Morgan fingerprint density at radius 3 is 2.61 bits per heavy atom. The van der Waals surface area contributed by atoms with Crippen molar-refractivity contribution in [2.75, 3.05) is 56.8 Å². The molecule has 4 heterocycles. The first-order valence-corrected chi connectivity index (χ1v) is 16.2. The van der Waals surface area contributed by atoms with Gasteiger partial charge in [-0.2, -0.15) is 0 Å². The molecule has 2 fully saturated rings. The summed E-state index contributed by atoms with van der Waals surface area (Å²) in [4.78, 5) is 19.8. The maximum atomic E-state index is 15.4. The van der Waals surface area contributed by atoms with Crippen LogP contribution in [0.25, 0.3) is 10.9 Å². The van der Waals surface area contributed by atoms with Gasteiger partial charge in [0.05, 0.1) is 31.4 Å². The number of hydrogen-bond acceptors (Lipinski definition) is 9. The Kier molecular flexibility index (Phi) is 9.58. The number of aromatic nitrogens is 1. The molecule has 7 rings (SSSR count). The van der Waals surface area contributed by atoms with Gasteiger partial charge in [-0.15, -0.1) is 0 Å². The molecule has 0 unspecified atom stereocenters. The van der Waals surface area contributed by atoms with Crippen LogP contribution in [0, 0.1) is 11.6 Å². The van der Waals surface area contributed by atoms with E-state index in [0.717, 1.165) is 37.3 Å². The number of pyridine rings is 1. The molecule has 254 valence electrons. The Labute approximate surface area is 282 Å². The van der Waals surface area contributed by atoms with Crippen LogP contribution >= 0.6 is 0 Å². The number of nitrogens with one attached hydrogen (secondary N) is 2. The minimum Gasteiger partial charge on any atom is -0.493 e. The summed E-state index contributed by atoms with van der Waals surface area (Å²) in [6.45, 7) is 3.32. The standard InChI is InChI=1S/C37H36F2N4O6/c1-45-34-19-28-31(20-35(34)47-17-13-40-25-10-14-46-15-11-25)41-12-8-32(28)49-33-7-4-26(18-30(33)39)42-37(44)29-22-43(21-23-9-16-48-36(23)29)27-5-2-24(38)3-6-27/h2-8,12,18-21,25,40H,9-11,13-17,22H2,1H3,(H,42,44). The Morgan fingerprint density at radius 1 is 0.980 bits per heavy atom. The third-order valence-electron chi connectivity index (χ3n) is 8.67. The van der Waals surface area contributed by atoms with E-state index in [1.54, 1.807) is 49.7 Å². The predicted molar refractivity (Wildman–Crippen MR) is 180 cm³/mol. The Bertz CT molecular complexity index is 1910. The largest absolute Gasteiger partial charge is 0.493 e. The van der Waals surface area contributed by atoms with E-state index in [-0.39, 0.29) is 23.8 Å². The molecule has 0 radical (unpaired) electrons. The van der Waals surface area contributed by atoms with Crippen LogP contribution in [0.2, 0.25) is 0 Å². The van der Waals surface area contributed by atoms with Gasteiger partial charge in [0, 0.05) is 79.1 Å². The topological polar surface area (TPSA) is 103 Å². The van der Waals surface area contributed by atoms with E-state index >= 15 is 4.39 Å². The third-order valence-corrected chi connectivity index (χ3v) is 8.67. The number of allylic oxidation sites excluding steroid dienone is 1. The molecule has 3 aliphatic rings. The number of halogens is 2. The van der Waals surface area contributed by atoms with Crippen molar-refractivity contribution in [1.29, 1.82) is 0 Å². The van der Waals surface area contributed by atoms with Gasteiger partial charge >= 0.3 is 0 Å². The molecular weight excluding hydrogens is 634 g/mol. The van der Waals surface area contributed by atoms with E-state index in [9.17, 15) is 9.18 Å². The molecule has 12 heteroatoms. The van der Waals surface area contributed by atoms with Crippen molar-refractivity contribution in [3.8, 4) is 23.0 Å². The van der Waals surface area contributed by atoms with Gasteiger partial charge in [0.1, 0.15) is 23.9 Å². The molecule has 1 aromatic heterocycles. The Morgan fingerprint density at radius 2 is 1.82 bits per heavy atom. The minimum atomic E-state index is -0.668. The summed E-state index contributed by atoms with van der Waals surface area (Å²) in [6, 6.07) is 15.9. The molecule has 3 aromatic carbocycles. The van der Waals surface area contributed by atoms with Crippen LogP contribution in [0.5, 0.6) is 23.0 Å². The van der Waals surface area contributed by atoms with Gasteiger partial charge in [-0.05, 0) is 61.4 Å². The highest BCUT2D eigenvalue weighted by molar-refractivity contribution is 6.05. The van der Waals surface area contributed by atoms with Crippen molar-refractivity contribution in [1.82, 2.24) is 10.3 Å². The molecule has 0 saturated carbocycles. The molecule has 0 atom stereocenters. The van der Waals surface area contributed by atoms with Gasteiger partial charge in [-0.3, -0.25) is 9.78 Å². The van der Waals surface area contributed by atoms with Crippen LogP contribution < -0.4 is 29.7 Å². The average molecular weight is 671 g/mol. The number of carbonyl (C=O) groups excluding carboxylic acids is 1. The van der Waals surface area contributed by atoms with Crippen molar-refractivity contribution < 1.29 is 37.3 Å². The van der Waals surface area contributed by atoms with E-state index < -0.39 is 11.7 Å². The summed E-state index contributed by atoms with van der Waals surface area (Å²) in [7, 11) is 1.55. The van der Waals surface area contributed by atoms with E-state index in [0.29, 0.717) is 71.7 Å². The lowest BCUT2D eigenvalue weighted by Crippen LogP contribution is -2.37. The monoisotopic (exact) mass is 670 g/mol. The summed E-state index contributed by atoms with van der Waals surface area (Å²) in [5.41, 5.74) is 2.85. The molecule has 0 bridgehead atoms. The highest BCUT2D eigenvalue weighted by atomic mass is 19.1. The quantitative estimate of drug-likeness (QED) is 0.174. The molecule has 0 spiro atoms. The molecule has 4 aromatic rings. The number of nitrogens with zero attached hydrogens (tertiary/aromatic N) is 2. The van der Waals surface area contributed by atoms with Crippen LogP contribution in [0.4, 0.5) is 20.2 Å². The molecule has 1 amide bonds. The minimum absolute atomic E-state index is 0.0319. The zero-order chi connectivity index (χ0) is 33.7. The molecular formula is C37H36F2N4O6. The molecule has 3 aliphatic heterocycles. The van der Waals surface area contributed by atoms with Gasteiger partial charge in [-0.1, -0.05) is 0 Å². The van der Waals surface area contributed by atoms with Crippen molar-refractivity contribution in [3.63, 3.8) is 0 Å². The second-order valence-corrected chi connectivity index (χ2v) is 11.9. The van der Waals surface area contributed by atoms with Crippen molar-refractivity contribution in [3.05, 3.63) is 102 Å². The Balaban J connectivity index is 1.03. The summed E-state index contributed by atoms with van der Waals surface area (Å²) in [5.74, 6) is 0.468. The second-order valence-electron chi connectivity index (χ2n) is 11.9. The van der Waals surface area contributed by atoms with Crippen LogP contribution in [0.1, 0.15) is 19.3 Å². The highest BCUT2D eigenvalue weighted by Gasteiger charge is 2.30. The number of hydrogen-bond donors (Lipinski definition) is 2. The van der Waals surface area contributed by atoms with Gasteiger partial charge in [-0.25, -0.2) is 8.78 Å². The normalized spacial score (nSPS) is 16.2. The fourth-order valence-electron chi connectivity index (χ4n) is 6.12. The predicted octanol–water partition coefficient (Wildman–Crippen LogP) is 6.48. The number of methoxy groups -OCH3 is 1. The SMILES string of the molecule is COc1cc2c(Oc3ccc(NC(=O)C4=C5OCCC5=CN(c5ccc(F)cc5)C4)cc3F)ccnc2cc1OCCNC1CCOCC1. The maximum Gasteiger partial charge on any atom is 0.257 e. The van der Waals surface area contributed by atoms with E-state index in [1.807, 2.05) is 11.1 Å². The van der Waals surface area contributed by atoms with E-state index in [4.69, 9.17) is 23.7 Å². The van der Waals surface area contributed by atoms with Crippen LogP contribution in [-0.2, 0) is 14.3 Å². The first-order chi connectivity index (χ1) is 23.9. The zero-order valence-corrected chi connectivity index (χ0v) is 27.0. The number of amides is 1. The molecule has 49 heavy (non-hydrogen) atoms. The number of carbonyl (C=O) groups is 1. The molecule has 2 saturated heterocycles. The number of benzene rings is 3. The number of rotatable bonds is 11. The average Bonchev–Trinajstić information content (AvgIpc) is 3.60. The van der Waals surface area contributed by atoms with Gasteiger partial charge in [0.15, 0.2) is 23.1 Å². The van der Waals surface area contributed by atoms with Gasteiger partial charge in [0.25, 0.3) is 5.91 Å². The van der Waals surface area contributed by atoms with Crippen LogP contribution in [0.3, 0.4) is 0 Å². The lowest BCUT2D eigenvalue weighted by molar-refractivity contribution is -0.113. The molecule has 0 aliphatic carbocycles. The number of ether oxygens (including phenoxy) is 5. The first kappa shape index (κ1) is 32.4. The van der Waals surface area contributed by atoms with Gasteiger partial charge in [0.2, 0.25) is 0 Å². The van der Waals surface area contributed by atoms with Crippen molar-refractivity contribution in [2.45, 2.75) is 25.3 Å². The Hall–Kier alpha value is -5.20. The molecule has 2 N–H and O–H groups in total. The summed E-state index contributed by atoms with van der Waals surface area (Å²) in [5, 5.41) is 6.90. The lowest BCUT2D eigenvalue weighted by atomic mass is 10.0. The smallest absolute Gasteiger partial charge is 0.257 e. The van der Waals surface area contributed by atoms with E-state index in [1.165, 1.54) is 24.3 Å². The summed E-state index contributed by atoms with van der Waals surface area (Å²) in [6.07, 6.45) is 6.10. The fourth-order valence-corrected chi connectivity index (χ4v) is 6.12. The summed E-state index contributed by atoms with van der Waals surface area (Å²) >= 11 is 0. The first-order valence-electron chi connectivity index (χ1n) is 16.2. The third kappa shape index (κ3) is 7.30. The van der Waals surface area contributed by atoms with Crippen LogP contribution in [-0.4, -0.2) is 63.6 Å². The lowest BCUT2D eigenvalue weighted by Gasteiger charge is -2.27. The van der Waals surface area contributed by atoms with Crippen LogP contribution in [0.15, 0.2) is 90.0 Å². The second kappa shape index (κ2) is 14.5. The van der Waals surface area contributed by atoms with E-state index in [2.05, 4.69) is 15.6 Å². The molecule has 10 nitrogen and oxygen atoms in total. The summed E-state index contributed by atoms with van der Waals surface area (Å²) < 4.78 is 57.8. The maximum absolute atomic E-state index is 15.4. The number of anilines is 2. The zero-order valence-electron chi connectivity index (χ0n) is 27.0. The fraction of sp³-hybridized carbons (Fsp3) is 0.297. The van der Waals surface area contributed by atoms with Crippen molar-refractivity contribution >= 4 is 28.2 Å². The highest BCUT2D eigenvalue weighted by Crippen LogP contribution is 2.38. The van der Waals surface area contributed by atoms with Crippen molar-refractivity contribution in [2.24, 2.45) is 0 Å². The van der Waals surface area contributed by atoms with Gasteiger partial charge < -0.3 is 39.2 Å². The number of fused-ring (bicyclic) bond motifs is 2.